The molecule has 1 spiro atoms. The third-order valence-corrected chi connectivity index (χ3v) is 12.5. The Kier molecular flexibility index (Phi) is 8.90. The average molecular weight is 657 g/mol. The highest BCUT2D eigenvalue weighted by molar-refractivity contribution is 5.95. The van der Waals surface area contributed by atoms with Crippen LogP contribution in [0.3, 0.4) is 0 Å². The fraction of sp³-hybridized carbons (Fsp3) is 0.333. The largest absolute Gasteiger partial charge is 0.388 e. The summed E-state index contributed by atoms with van der Waals surface area (Å²) in [4.78, 5) is 2.49. The van der Waals surface area contributed by atoms with Gasteiger partial charge >= 0.3 is 0 Å². The Labute approximate surface area is 299 Å². The number of benzene rings is 4. The lowest BCUT2D eigenvalue weighted by Gasteiger charge is -2.41. The number of anilines is 2. The molecule has 0 bridgehead atoms. The van der Waals surface area contributed by atoms with Crippen molar-refractivity contribution in [2.24, 2.45) is 0 Å². The molecule has 2 saturated carbocycles. The number of hydrogen-bond acceptors (Lipinski definition) is 2. The molecular formula is C48H52N2. The van der Waals surface area contributed by atoms with Crippen molar-refractivity contribution in [1.29, 1.82) is 0 Å². The minimum atomic E-state index is -0.0472. The van der Waals surface area contributed by atoms with E-state index in [-0.39, 0.29) is 10.8 Å². The molecule has 3 aliphatic carbocycles. The van der Waals surface area contributed by atoms with Crippen LogP contribution in [0.1, 0.15) is 88.2 Å². The molecule has 2 heteroatoms. The van der Waals surface area contributed by atoms with Gasteiger partial charge < -0.3 is 10.2 Å². The Morgan fingerprint density at radius 3 is 2.10 bits per heavy atom. The van der Waals surface area contributed by atoms with E-state index in [0.29, 0.717) is 0 Å². The number of nitrogens with zero attached hydrogens (tertiary/aromatic N) is 1. The summed E-state index contributed by atoms with van der Waals surface area (Å²) in [6.45, 7) is 4.76. The zero-order valence-electron chi connectivity index (χ0n) is 30.1. The van der Waals surface area contributed by atoms with Gasteiger partial charge in [-0.2, -0.15) is 0 Å². The van der Waals surface area contributed by atoms with Crippen LogP contribution in [0, 0.1) is 0 Å². The molecule has 4 aliphatic rings. The second kappa shape index (κ2) is 13.6. The van der Waals surface area contributed by atoms with Crippen molar-refractivity contribution >= 4 is 32.9 Å². The summed E-state index contributed by atoms with van der Waals surface area (Å²) in [5, 5.41) is 9.00. The Bertz CT molecular complexity index is 2090. The van der Waals surface area contributed by atoms with Gasteiger partial charge in [-0.3, -0.25) is 0 Å². The van der Waals surface area contributed by atoms with E-state index in [1.54, 1.807) is 5.56 Å². The number of allylic oxidation sites excluding steroid dienone is 11. The van der Waals surface area contributed by atoms with Crippen LogP contribution in [0.25, 0.3) is 21.5 Å². The third kappa shape index (κ3) is 5.58. The standard InChI is InChI=1S/C48H52N2/c1-35(47(30-10-4-11-31-47)45-40-21-8-6-19-38(40)26-28-42(45)49-2)16-14-17-36-24-25-37(34-36)18-15-23-44-48(32-12-5-13-33-48)46-41-22-9-7-20-39(41)27-29-43(46)50(44)3/h6-9,14-23,26-29,34,49H,1,4-5,10-13,24-25,30-33H2,2-3H3/b16-14+,18-15+,36-17+,44-23+. The van der Waals surface area contributed by atoms with Gasteiger partial charge in [0.05, 0.1) is 0 Å². The second-order valence-corrected chi connectivity index (χ2v) is 15.2. The Balaban J connectivity index is 1.04. The Hall–Kier alpha value is -4.56. The summed E-state index contributed by atoms with van der Waals surface area (Å²) in [6.07, 6.45) is 31.1. The first-order valence-corrected chi connectivity index (χ1v) is 19.2. The summed E-state index contributed by atoms with van der Waals surface area (Å²) in [5.41, 5.74) is 11.2. The molecule has 0 aromatic heterocycles. The lowest BCUT2D eigenvalue weighted by atomic mass is 9.63. The minimum Gasteiger partial charge on any atom is -0.388 e. The summed E-state index contributed by atoms with van der Waals surface area (Å²) in [5.74, 6) is 0. The topological polar surface area (TPSA) is 15.3 Å². The second-order valence-electron chi connectivity index (χ2n) is 15.2. The van der Waals surface area contributed by atoms with Gasteiger partial charge in [0.25, 0.3) is 0 Å². The minimum absolute atomic E-state index is 0.0472. The number of nitrogens with one attached hydrogen (secondary N) is 1. The van der Waals surface area contributed by atoms with Gasteiger partial charge in [-0.25, -0.2) is 0 Å². The van der Waals surface area contributed by atoms with E-state index >= 15 is 0 Å². The van der Waals surface area contributed by atoms with E-state index in [0.717, 1.165) is 25.7 Å². The van der Waals surface area contributed by atoms with Crippen molar-refractivity contribution < 1.29 is 0 Å². The van der Waals surface area contributed by atoms with Crippen LogP contribution in [0.4, 0.5) is 11.4 Å². The molecule has 0 radical (unpaired) electrons. The number of likely N-dealkylation sites (N-methyl/N-ethyl adjacent to an activating group) is 1. The maximum absolute atomic E-state index is 4.76. The van der Waals surface area contributed by atoms with Gasteiger partial charge in [0, 0.05) is 42.0 Å². The van der Waals surface area contributed by atoms with E-state index in [1.807, 2.05) is 0 Å². The van der Waals surface area contributed by atoms with Gasteiger partial charge in [-0.1, -0.05) is 142 Å². The third-order valence-electron chi connectivity index (χ3n) is 12.5. The molecule has 0 atom stereocenters. The molecule has 0 unspecified atom stereocenters. The first kappa shape index (κ1) is 32.6. The monoisotopic (exact) mass is 656 g/mol. The zero-order valence-corrected chi connectivity index (χ0v) is 30.1. The highest BCUT2D eigenvalue weighted by atomic mass is 15.2. The van der Waals surface area contributed by atoms with Gasteiger partial charge in [-0.15, -0.1) is 0 Å². The predicted molar refractivity (Wildman–Crippen MR) is 216 cm³/mol. The molecule has 4 aromatic carbocycles. The maximum atomic E-state index is 4.76. The maximum Gasteiger partial charge on any atom is 0.0454 e. The van der Waals surface area contributed by atoms with Crippen LogP contribution >= 0.6 is 0 Å². The highest BCUT2D eigenvalue weighted by Crippen LogP contribution is 2.57. The lowest BCUT2D eigenvalue weighted by molar-refractivity contribution is 0.348. The molecule has 0 amide bonds. The van der Waals surface area contributed by atoms with E-state index in [4.69, 9.17) is 6.58 Å². The Morgan fingerprint density at radius 1 is 0.720 bits per heavy atom. The molecule has 50 heavy (non-hydrogen) atoms. The van der Waals surface area contributed by atoms with Crippen LogP contribution in [0.2, 0.25) is 0 Å². The molecule has 1 N–H and O–H groups in total. The Morgan fingerprint density at radius 2 is 1.38 bits per heavy atom. The van der Waals surface area contributed by atoms with Crippen molar-refractivity contribution in [2.45, 2.75) is 87.9 Å². The van der Waals surface area contributed by atoms with Gasteiger partial charge in [0.1, 0.15) is 0 Å². The molecule has 2 nitrogen and oxygen atoms in total. The average Bonchev–Trinajstić information content (AvgIpc) is 3.71. The molecule has 1 heterocycles. The van der Waals surface area contributed by atoms with Crippen LogP contribution in [-0.4, -0.2) is 14.1 Å². The van der Waals surface area contributed by atoms with E-state index in [2.05, 4.69) is 140 Å². The van der Waals surface area contributed by atoms with Gasteiger partial charge in [0.15, 0.2) is 0 Å². The lowest BCUT2D eigenvalue weighted by Crippen LogP contribution is -2.32. The number of rotatable bonds is 7. The smallest absolute Gasteiger partial charge is 0.0454 e. The summed E-state index contributed by atoms with van der Waals surface area (Å²) in [7, 11) is 4.34. The number of fused-ring (bicyclic) bond motifs is 5. The zero-order chi connectivity index (χ0) is 34.1. The normalized spacial score (nSPS) is 21.6. The van der Waals surface area contributed by atoms with E-state index in [9.17, 15) is 0 Å². The van der Waals surface area contributed by atoms with Gasteiger partial charge in [0.2, 0.25) is 0 Å². The van der Waals surface area contributed by atoms with Gasteiger partial charge in [-0.05, 0) is 106 Å². The van der Waals surface area contributed by atoms with E-state index in [1.165, 1.54) is 112 Å². The van der Waals surface area contributed by atoms with Crippen LogP contribution in [0.5, 0.6) is 0 Å². The molecular weight excluding hydrogens is 605 g/mol. The van der Waals surface area contributed by atoms with Crippen molar-refractivity contribution in [3.8, 4) is 0 Å². The molecule has 254 valence electrons. The summed E-state index contributed by atoms with van der Waals surface area (Å²) < 4.78 is 0. The molecule has 1 aliphatic heterocycles. The summed E-state index contributed by atoms with van der Waals surface area (Å²) >= 11 is 0. The molecule has 4 aromatic rings. The quantitative estimate of drug-likeness (QED) is 0.199. The SMILES string of the molecule is C=C(/C=C/C=C1C=C(/C=C/C=C2/N(C)c3ccc4ccccc4c3C23CCCCC3)CC/1)C1(c2c(NC)ccc3ccccc23)CCCCC1. The number of hydrogen-bond donors (Lipinski definition) is 1. The van der Waals surface area contributed by atoms with Crippen LogP contribution < -0.4 is 10.2 Å². The fourth-order valence-electron chi connectivity index (χ4n) is 10.1. The first-order chi connectivity index (χ1) is 24.5. The van der Waals surface area contributed by atoms with Crippen molar-refractivity contribution in [3.05, 3.63) is 155 Å². The first-order valence-electron chi connectivity index (χ1n) is 19.2. The van der Waals surface area contributed by atoms with Crippen molar-refractivity contribution in [3.63, 3.8) is 0 Å². The van der Waals surface area contributed by atoms with Crippen molar-refractivity contribution in [2.75, 3.05) is 24.3 Å². The molecule has 0 saturated heterocycles. The molecule has 8 rings (SSSR count). The highest BCUT2D eigenvalue weighted by Gasteiger charge is 2.47. The van der Waals surface area contributed by atoms with Crippen LogP contribution in [-0.2, 0) is 10.8 Å². The predicted octanol–water partition coefficient (Wildman–Crippen LogP) is 12.8. The van der Waals surface area contributed by atoms with Crippen LogP contribution in [0.15, 0.2) is 144 Å². The van der Waals surface area contributed by atoms with Crippen molar-refractivity contribution in [1.82, 2.24) is 0 Å². The fourth-order valence-corrected chi connectivity index (χ4v) is 10.1. The summed E-state index contributed by atoms with van der Waals surface area (Å²) in [6, 6.07) is 27.0. The van der Waals surface area contributed by atoms with E-state index < -0.39 is 0 Å². The molecule has 2 fully saturated rings.